The van der Waals surface area contributed by atoms with Crippen molar-refractivity contribution in [3.63, 3.8) is 0 Å². The summed E-state index contributed by atoms with van der Waals surface area (Å²) < 4.78 is 44.2. The summed E-state index contributed by atoms with van der Waals surface area (Å²) in [7, 11) is 0. The molecule has 2 rings (SSSR count). The minimum absolute atomic E-state index is 0.0180. The van der Waals surface area contributed by atoms with E-state index in [0.717, 1.165) is 0 Å². The Kier molecular flexibility index (Phi) is 5.25. The molecule has 1 N–H and O–H groups in total. The van der Waals surface area contributed by atoms with Gasteiger partial charge >= 0.3 is 6.18 Å². The molecule has 132 valence electrons. The molecule has 1 aliphatic rings. The number of hydrogen-bond acceptors (Lipinski definition) is 4. The predicted octanol–water partition coefficient (Wildman–Crippen LogP) is 3.88. The second kappa shape index (κ2) is 6.59. The van der Waals surface area contributed by atoms with Gasteiger partial charge in [0.1, 0.15) is 5.75 Å². The molecule has 1 heterocycles. The molecule has 0 spiro atoms. The number of carbonyl (C=O) groups excluding carboxylic acids is 1. The van der Waals surface area contributed by atoms with E-state index < -0.39 is 30.8 Å². The van der Waals surface area contributed by atoms with Crippen LogP contribution in [0.3, 0.4) is 0 Å². The van der Waals surface area contributed by atoms with E-state index in [1.54, 1.807) is 0 Å². The average molecular weight is 406 g/mol. The zero-order valence-electron chi connectivity index (χ0n) is 12.0. The number of amides is 1. The van der Waals surface area contributed by atoms with Crippen molar-refractivity contribution in [3.05, 3.63) is 27.2 Å². The summed E-state index contributed by atoms with van der Waals surface area (Å²) in [5.41, 5.74) is -3.45. The van der Waals surface area contributed by atoms with Gasteiger partial charge in [-0.3, -0.25) is 4.79 Å². The van der Waals surface area contributed by atoms with Crippen LogP contribution < -0.4 is 4.74 Å². The quantitative estimate of drug-likeness (QED) is 0.776. The van der Waals surface area contributed by atoms with Crippen molar-refractivity contribution in [3.8, 4) is 5.75 Å². The number of hydrogen-bond donors (Lipinski definition) is 1. The van der Waals surface area contributed by atoms with E-state index in [4.69, 9.17) is 39.5 Å². The minimum atomic E-state index is -5.08. The fourth-order valence-corrected chi connectivity index (χ4v) is 2.61. The monoisotopic (exact) mass is 404 g/mol. The molecule has 0 saturated heterocycles. The van der Waals surface area contributed by atoms with Gasteiger partial charge in [0.2, 0.25) is 0 Å². The fraction of sp³-hybridized carbons (Fsp3) is 0.385. The van der Waals surface area contributed by atoms with Crippen LogP contribution in [0.2, 0.25) is 15.1 Å². The Hall–Kier alpha value is -1.22. The van der Waals surface area contributed by atoms with E-state index in [1.165, 1.54) is 19.1 Å². The zero-order chi connectivity index (χ0) is 18.3. The highest BCUT2D eigenvalue weighted by Crippen LogP contribution is 2.40. The van der Waals surface area contributed by atoms with Crippen LogP contribution >= 0.6 is 34.8 Å². The molecule has 24 heavy (non-hydrogen) atoms. The van der Waals surface area contributed by atoms with Crippen LogP contribution in [-0.4, -0.2) is 40.2 Å². The first-order chi connectivity index (χ1) is 11.0. The first kappa shape index (κ1) is 19.1. The lowest BCUT2D eigenvalue weighted by Gasteiger charge is -2.32. The number of rotatable bonds is 3. The molecule has 0 aliphatic carbocycles. The van der Waals surface area contributed by atoms with Crippen molar-refractivity contribution in [1.29, 1.82) is 0 Å². The molecule has 1 aliphatic heterocycles. The van der Waals surface area contributed by atoms with Gasteiger partial charge in [-0.05, 0) is 13.0 Å². The highest BCUT2D eigenvalue weighted by Gasteiger charge is 2.62. The van der Waals surface area contributed by atoms with Crippen LogP contribution in [-0.2, 0) is 4.79 Å². The number of hydrazone groups is 1. The predicted molar refractivity (Wildman–Crippen MR) is 82.5 cm³/mol. The first-order valence-electron chi connectivity index (χ1n) is 6.39. The van der Waals surface area contributed by atoms with E-state index >= 15 is 0 Å². The number of ether oxygens (including phenoxy) is 1. The molecule has 1 aromatic rings. The summed E-state index contributed by atoms with van der Waals surface area (Å²) in [6, 6.07) is 2.48. The van der Waals surface area contributed by atoms with Crippen molar-refractivity contribution < 1.29 is 27.8 Å². The van der Waals surface area contributed by atoms with Gasteiger partial charge in [0, 0.05) is 18.2 Å². The average Bonchev–Trinajstić information content (AvgIpc) is 2.77. The molecular formula is C13H10Cl3F3N2O3. The fourth-order valence-electron chi connectivity index (χ4n) is 2.02. The second-order valence-electron chi connectivity index (χ2n) is 5.02. The van der Waals surface area contributed by atoms with Crippen LogP contribution in [0.15, 0.2) is 17.2 Å². The first-order valence-corrected chi connectivity index (χ1v) is 7.52. The van der Waals surface area contributed by atoms with Gasteiger partial charge in [-0.15, -0.1) is 0 Å². The second-order valence-corrected chi connectivity index (χ2v) is 6.24. The molecule has 1 aromatic carbocycles. The highest BCUT2D eigenvalue weighted by atomic mass is 35.5. The Labute approximate surface area is 149 Å². The summed E-state index contributed by atoms with van der Waals surface area (Å²) in [5.74, 6) is -1.25. The van der Waals surface area contributed by atoms with Gasteiger partial charge in [0.25, 0.3) is 11.6 Å². The van der Waals surface area contributed by atoms with E-state index in [9.17, 15) is 23.1 Å². The molecule has 1 unspecified atom stereocenters. The summed E-state index contributed by atoms with van der Waals surface area (Å²) in [6.07, 6.45) is -5.92. The smallest absolute Gasteiger partial charge is 0.438 e. The summed E-state index contributed by atoms with van der Waals surface area (Å²) in [6.45, 7) is 0.424. The number of alkyl halides is 3. The van der Waals surface area contributed by atoms with Crippen LogP contribution in [0.1, 0.15) is 13.3 Å². The molecule has 0 aromatic heterocycles. The highest BCUT2D eigenvalue weighted by molar-refractivity contribution is 6.43. The van der Waals surface area contributed by atoms with Crippen molar-refractivity contribution in [2.24, 2.45) is 5.10 Å². The van der Waals surface area contributed by atoms with Crippen LogP contribution in [0.25, 0.3) is 0 Å². The van der Waals surface area contributed by atoms with Gasteiger partial charge in [-0.25, -0.2) is 0 Å². The lowest BCUT2D eigenvalue weighted by molar-refractivity contribution is -0.302. The number of carbonyl (C=O) groups is 1. The zero-order valence-corrected chi connectivity index (χ0v) is 14.3. The topological polar surface area (TPSA) is 62.1 Å². The maximum absolute atomic E-state index is 13.0. The van der Waals surface area contributed by atoms with E-state index in [0.29, 0.717) is 0 Å². The molecule has 0 saturated carbocycles. The normalized spacial score (nSPS) is 21.0. The number of halogens is 6. The van der Waals surface area contributed by atoms with Crippen LogP contribution in [0.4, 0.5) is 13.2 Å². The van der Waals surface area contributed by atoms with Crippen LogP contribution in [0.5, 0.6) is 5.75 Å². The maximum Gasteiger partial charge on any atom is 0.438 e. The molecule has 5 nitrogen and oxygen atoms in total. The van der Waals surface area contributed by atoms with E-state index in [2.05, 4.69) is 5.10 Å². The van der Waals surface area contributed by atoms with Gasteiger partial charge < -0.3 is 9.84 Å². The lowest BCUT2D eigenvalue weighted by Crippen LogP contribution is -2.57. The third-order valence-electron chi connectivity index (χ3n) is 3.14. The third kappa shape index (κ3) is 3.56. The Bertz CT molecular complexity index is 712. The Morgan fingerprint density at radius 3 is 2.50 bits per heavy atom. The molecular weight excluding hydrogens is 396 g/mol. The minimum Gasteiger partial charge on any atom is -0.482 e. The van der Waals surface area contributed by atoms with Gasteiger partial charge in [-0.2, -0.15) is 23.3 Å². The van der Waals surface area contributed by atoms with Crippen molar-refractivity contribution >= 4 is 46.4 Å². The molecule has 1 atom stereocenters. The van der Waals surface area contributed by atoms with Gasteiger partial charge in [0.05, 0.1) is 15.1 Å². The number of nitrogens with zero attached hydrogens (tertiary/aromatic N) is 2. The van der Waals surface area contributed by atoms with Crippen molar-refractivity contribution in [2.45, 2.75) is 25.2 Å². The van der Waals surface area contributed by atoms with Crippen LogP contribution in [0, 0.1) is 0 Å². The summed E-state index contributed by atoms with van der Waals surface area (Å²) in [4.78, 5) is 12.0. The SMILES string of the molecule is CC1=NN(C(=O)COc2cc(Cl)c(Cl)cc2Cl)C(O)(C(F)(F)F)C1. The number of aliphatic hydroxyl groups is 1. The standard InChI is InChI=1S/C13H10Cl3F3N2O3/c1-6-4-12(23,13(17,18)19)21(20-6)11(22)5-24-10-3-8(15)7(14)2-9(10)16/h2-3,23H,4-5H2,1H3. The third-order valence-corrected chi connectivity index (χ3v) is 4.16. The Balaban J connectivity index is 2.16. The van der Waals surface area contributed by atoms with Gasteiger partial charge in [-0.1, -0.05) is 34.8 Å². The Morgan fingerprint density at radius 2 is 1.92 bits per heavy atom. The van der Waals surface area contributed by atoms with Crippen molar-refractivity contribution in [1.82, 2.24) is 5.01 Å². The Morgan fingerprint density at radius 1 is 1.33 bits per heavy atom. The van der Waals surface area contributed by atoms with Gasteiger partial charge in [0.15, 0.2) is 6.61 Å². The number of benzene rings is 1. The maximum atomic E-state index is 13.0. The molecule has 1 amide bonds. The molecule has 11 heteroatoms. The largest absolute Gasteiger partial charge is 0.482 e. The summed E-state index contributed by atoms with van der Waals surface area (Å²) in [5, 5.41) is 13.5. The van der Waals surface area contributed by atoms with E-state index in [1.807, 2.05) is 0 Å². The van der Waals surface area contributed by atoms with Crippen molar-refractivity contribution in [2.75, 3.05) is 6.61 Å². The molecule has 0 fully saturated rings. The molecule has 0 radical (unpaired) electrons. The van der Waals surface area contributed by atoms with E-state index in [-0.39, 0.29) is 31.5 Å². The lowest BCUT2D eigenvalue weighted by atomic mass is 10.1. The molecule has 0 bridgehead atoms. The summed E-state index contributed by atoms with van der Waals surface area (Å²) >= 11 is 17.4.